The van der Waals surface area contributed by atoms with Gasteiger partial charge in [0, 0.05) is 0 Å². The number of halogens is 1. The van der Waals surface area contributed by atoms with Crippen LogP contribution in [0.2, 0.25) is 0 Å². The van der Waals surface area contributed by atoms with Crippen molar-refractivity contribution in [3.63, 3.8) is 0 Å². The van der Waals surface area contributed by atoms with Crippen LogP contribution in [-0.2, 0) is 0 Å². The minimum atomic E-state index is 0.0604. The Morgan fingerprint density at radius 2 is 1.47 bits per heavy atom. The molecule has 1 heteroatoms. The van der Waals surface area contributed by atoms with Crippen LogP contribution in [0.3, 0.4) is 0 Å². The van der Waals surface area contributed by atoms with E-state index in [9.17, 15) is 0 Å². The fourth-order valence-electron chi connectivity index (χ4n) is 1.71. The molecule has 0 saturated heterocycles. The summed E-state index contributed by atoms with van der Waals surface area (Å²) in [5.41, 5.74) is 2.64. The van der Waals surface area contributed by atoms with E-state index in [4.69, 9.17) is 0 Å². The molecule has 0 bridgehead atoms. The van der Waals surface area contributed by atoms with Gasteiger partial charge in [0.15, 0.2) is 0 Å². The number of alkyl halides is 1. The Balaban J connectivity index is 2.03. The number of benzene rings is 2. The normalized spacial score (nSPS) is 10.6. The predicted molar refractivity (Wildman–Crippen MR) is 85.8 cm³/mol. The van der Waals surface area contributed by atoms with E-state index in [0.717, 1.165) is 0 Å². The van der Waals surface area contributed by atoms with Crippen LogP contribution in [0.4, 0.5) is 0 Å². The third-order valence-corrected chi connectivity index (χ3v) is 5.86. The molecule has 2 aromatic rings. The molecule has 2 rings (SSSR count). The molecule has 0 nitrogen and oxygen atoms in total. The monoisotopic (exact) mass is 338 g/mol. The summed E-state index contributed by atoms with van der Waals surface area (Å²) in [7, 11) is 0. The Morgan fingerprint density at radius 1 is 0.824 bits per heavy atom. The van der Waals surface area contributed by atoms with E-state index in [2.05, 4.69) is 61.5 Å². The average Bonchev–Trinajstić information content (AvgIpc) is 2.41. The summed E-state index contributed by atoms with van der Waals surface area (Å²) >= 11 is 0.0604. The fraction of sp³-hybridized carbons (Fsp3) is 0.250. The molecule has 2 aromatic carbocycles. The van der Waals surface area contributed by atoms with Crippen LogP contribution in [0.1, 0.15) is 19.8 Å². The van der Waals surface area contributed by atoms with Crippen LogP contribution in [0, 0.1) is 3.57 Å². The van der Waals surface area contributed by atoms with Gasteiger partial charge < -0.3 is 0 Å². The number of rotatable bonds is 5. The zero-order chi connectivity index (χ0) is 11.9. The molecule has 0 aliphatic rings. The van der Waals surface area contributed by atoms with Gasteiger partial charge >= 0.3 is 115 Å². The topological polar surface area (TPSA) is 0 Å². The van der Waals surface area contributed by atoms with Gasteiger partial charge in [-0.1, -0.05) is 0 Å². The molecule has 0 spiro atoms. The van der Waals surface area contributed by atoms with Gasteiger partial charge in [0.25, 0.3) is 0 Å². The summed E-state index contributed by atoms with van der Waals surface area (Å²) in [6, 6.07) is 19.8. The van der Waals surface area contributed by atoms with Crippen LogP contribution >= 0.6 is 21.2 Å². The van der Waals surface area contributed by atoms with Crippen molar-refractivity contribution in [1.29, 1.82) is 0 Å². The summed E-state index contributed by atoms with van der Waals surface area (Å²) in [5, 5.41) is 0. The van der Waals surface area contributed by atoms with E-state index in [1.165, 1.54) is 28.4 Å². The third-order valence-electron chi connectivity index (χ3n) is 2.73. The van der Waals surface area contributed by atoms with E-state index in [-0.39, 0.29) is 21.2 Å². The van der Waals surface area contributed by atoms with Gasteiger partial charge in [0.2, 0.25) is 0 Å². The summed E-state index contributed by atoms with van der Waals surface area (Å²) < 4.78 is 3.02. The Bertz CT molecular complexity index is 431. The summed E-state index contributed by atoms with van der Waals surface area (Å²) in [6.45, 7) is 2.27. The quantitative estimate of drug-likeness (QED) is 0.408. The van der Waals surface area contributed by atoms with Gasteiger partial charge in [-0.05, 0) is 0 Å². The fourth-order valence-corrected chi connectivity index (χ4v) is 4.55. The van der Waals surface area contributed by atoms with Crippen LogP contribution in [-0.4, -0.2) is 4.43 Å². The third kappa shape index (κ3) is 3.84. The predicted octanol–water partition coefficient (Wildman–Crippen LogP) is 5.03. The van der Waals surface area contributed by atoms with Crippen molar-refractivity contribution in [2.45, 2.75) is 19.8 Å². The minimum absolute atomic E-state index is 0.0604. The first-order valence-electron chi connectivity index (χ1n) is 6.18. The maximum atomic E-state index is 2.32. The van der Waals surface area contributed by atoms with Crippen molar-refractivity contribution in [2.24, 2.45) is 0 Å². The van der Waals surface area contributed by atoms with Gasteiger partial charge in [-0.3, -0.25) is 0 Å². The first-order chi connectivity index (χ1) is 8.40. The van der Waals surface area contributed by atoms with Crippen molar-refractivity contribution in [1.82, 2.24) is 0 Å². The molecule has 90 valence electrons. The number of hydrogen-bond donors (Lipinski definition) is 0. The molecule has 0 radical (unpaired) electrons. The van der Waals surface area contributed by atoms with Crippen molar-refractivity contribution in [2.75, 3.05) is 4.43 Å². The van der Waals surface area contributed by atoms with E-state index < -0.39 is 0 Å². The second kappa shape index (κ2) is 6.80. The van der Waals surface area contributed by atoms with Gasteiger partial charge in [-0.15, -0.1) is 0 Å². The van der Waals surface area contributed by atoms with Crippen molar-refractivity contribution in [3.05, 3.63) is 58.2 Å². The molecule has 0 unspecified atom stereocenters. The van der Waals surface area contributed by atoms with Crippen LogP contribution in [0.15, 0.2) is 54.6 Å². The van der Waals surface area contributed by atoms with Crippen LogP contribution in [0.5, 0.6) is 0 Å². The van der Waals surface area contributed by atoms with E-state index >= 15 is 0 Å². The van der Waals surface area contributed by atoms with Crippen LogP contribution in [0.25, 0.3) is 11.1 Å². The first kappa shape index (κ1) is 12.6. The molecule has 0 amide bonds. The molecular weight excluding hydrogens is 319 g/mol. The van der Waals surface area contributed by atoms with Gasteiger partial charge in [-0.25, -0.2) is 0 Å². The van der Waals surface area contributed by atoms with Gasteiger partial charge in [0.1, 0.15) is 0 Å². The molecule has 0 saturated carbocycles. The van der Waals surface area contributed by atoms with E-state index in [0.29, 0.717) is 0 Å². The maximum absolute atomic E-state index is 2.32. The second-order valence-corrected chi connectivity index (χ2v) is 7.43. The molecule has 17 heavy (non-hydrogen) atoms. The number of hydrogen-bond acceptors (Lipinski definition) is 0. The average molecular weight is 338 g/mol. The van der Waals surface area contributed by atoms with Gasteiger partial charge in [-0.2, -0.15) is 0 Å². The number of unbranched alkanes of at least 4 members (excludes halogenated alkanes) is 1. The van der Waals surface area contributed by atoms with E-state index in [1.54, 1.807) is 3.57 Å². The Kier molecular flexibility index (Phi) is 5.05. The molecule has 0 aliphatic heterocycles. The second-order valence-electron chi connectivity index (χ2n) is 4.09. The zero-order valence-corrected chi connectivity index (χ0v) is 12.6. The molecule has 0 atom stereocenters. The standard InChI is InChI=1S/C16H19I/c1-2-3-13-17-16-11-9-15(10-12-16)14-7-5-4-6-8-14/h4-12,17H,2-3,13H2,1H3. The Labute approximate surface area is 114 Å². The van der Waals surface area contributed by atoms with Crippen molar-refractivity contribution >= 4 is 21.2 Å². The van der Waals surface area contributed by atoms with Crippen molar-refractivity contribution < 1.29 is 0 Å². The van der Waals surface area contributed by atoms with Crippen molar-refractivity contribution in [3.8, 4) is 11.1 Å². The molecule has 0 aliphatic carbocycles. The van der Waals surface area contributed by atoms with Crippen LogP contribution < -0.4 is 0 Å². The Hall–Kier alpha value is -0.830. The molecule has 0 N–H and O–H groups in total. The van der Waals surface area contributed by atoms with E-state index in [1.807, 2.05) is 0 Å². The van der Waals surface area contributed by atoms with Gasteiger partial charge in [0.05, 0.1) is 0 Å². The zero-order valence-electron chi connectivity index (χ0n) is 10.2. The molecule has 0 fully saturated rings. The molecule has 0 heterocycles. The SMILES string of the molecule is CCCC[IH]c1ccc(-c2ccccc2)cc1. The molecule has 0 aromatic heterocycles. The summed E-state index contributed by atoms with van der Waals surface area (Å²) in [4.78, 5) is 0. The summed E-state index contributed by atoms with van der Waals surface area (Å²) in [5.74, 6) is 0. The molecular formula is C16H19I. The first-order valence-corrected chi connectivity index (χ1v) is 8.99. The Morgan fingerprint density at radius 3 is 2.12 bits per heavy atom. The summed E-state index contributed by atoms with van der Waals surface area (Å²) in [6.07, 6.45) is 2.72.